The van der Waals surface area contributed by atoms with Gasteiger partial charge in [-0.05, 0) is 31.4 Å². The van der Waals surface area contributed by atoms with E-state index < -0.39 is 12.6 Å². The quantitative estimate of drug-likeness (QED) is 0.725. The van der Waals surface area contributed by atoms with Gasteiger partial charge in [0.15, 0.2) is 0 Å². The number of amides is 2. The van der Waals surface area contributed by atoms with Crippen molar-refractivity contribution in [3.05, 3.63) is 23.8 Å². The lowest BCUT2D eigenvalue weighted by Gasteiger charge is -2.18. The van der Waals surface area contributed by atoms with E-state index in [2.05, 4.69) is 15.4 Å². The summed E-state index contributed by atoms with van der Waals surface area (Å²) >= 11 is 0. The minimum atomic E-state index is -2.96. The van der Waals surface area contributed by atoms with Crippen LogP contribution in [0.25, 0.3) is 0 Å². The second-order valence-corrected chi connectivity index (χ2v) is 4.54. The molecule has 0 aliphatic rings. The molecule has 118 valence electrons. The van der Waals surface area contributed by atoms with Crippen molar-refractivity contribution in [1.82, 2.24) is 5.32 Å². The first-order valence-electron chi connectivity index (χ1n) is 6.70. The van der Waals surface area contributed by atoms with Crippen LogP contribution in [0.15, 0.2) is 18.2 Å². The Morgan fingerprint density at radius 1 is 1.43 bits per heavy atom. The van der Waals surface area contributed by atoms with Gasteiger partial charge in [0.25, 0.3) is 0 Å². The van der Waals surface area contributed by atoms with Crippen molar-refractivity contribution in [2.24, 2.45) is 0 Å². The third-order valence-electron chi connectivity index (χ3n) is 2.99. The predicted molar refractivity (Wildman–Crippen MR) is 75.7 cm³/mol. The molecule has 0 aromatic heterocycles. The number of hydrogen-bond acceptors (Lipinski definition) is 3. The van der Waals surface area contributed by atoms with E-state index in [9.17, 15) is 13.6 Å². The van der Waals surface area contributed by atoms with Gasteiger partial charge in [0.1, 0.15) is 5.75 Å². The van der Waals surface area contributed by atoms with Crippen LogP contribution in [0.2, 0.25) is 0 Å². The smallest absolute Gasteiger partial charge is 0.387 e. The highest BCUT2D eigenvalue weighted by Gasteiger charge is 2.15. The summed E-state index contributed by atoms with van der Waals surface area (Å²) in [7, 11) is 0. The normalized spacial score (nSPS) is 12.1. The molecule has 0 fully saturated rings. The van der Waals surface area contributed by atoms with E-state index in [1.165, 1.54) is 6.07 Å². The molecule has 0 bridgehead atoms. The summed E-state index contributed by atoms with van der Waals surface area (Å²) in [5, 5.41) is 14.1. The van der Waals surface area contributed by atoms with Crippen LogP contribution in [0, 0.1) is 6.92 Å². The maximum absolute atomic E-state index is 12.4. The lowest BCUT2D eigenvalue weighted by Crippen LogP contribution is -2.38. The van der Waals surface area contributed by atoms with Gasteiger partial charge in [0, 0.05) is 12.6 Å². The van der Waals surface area contributed by atoms with Crippen molar-refractivity contribution in [1.29, 1.82) is 0 Å². The lowest BCUT2D eigenvalue weighted by molar-refractivity contribution is -0.0493. The molecule has 1 aromatic rings. The van der Waals surface area contributed by atoms with E-state index in [4.69, 9.17) is 5.11 Å². The number of nitrogens with one attached hydrogen (secondary N) is 2. The van der Waals surface area contributed by atoms with Gasteiger partial charge in [-0.3, -0.25) is 0 Å². The van der Waals surface area contributed by atoms with Gasteiger partial charge in [-0.2, -0.15) is 8.78 Å². The van der Waals surface area contributed by atoms with Crippen LogP contribution >= 0.6 is 0 Å². The van der Waals surface area contributed by atoms with Crippen LogP contribution < -0.4 is 15.4 Å². The van der Waals surface area contributed by atoms with Gasteiger partial charge in [0.05, 0.1) is 5.69 Å². The maximum Gasteiger partial charge on any atom is 0.387 e. The van der Waals surface area contributed by atoms with E-state index in [0.717, 1.165) is 0 Å². The molecule has 0 aliphatic heterocycles. The fraction of sp³-hybridized carbons (Fsp3) is 0.500. The molecule has 7 heteroatoms. The summed E-state index contributed by atoms with van der Waals surface area (Å²) in [6, 6.07) is 3.90. The number of ether oxygens (including phenoxy) is 1. The molecule has 1 rings (SSSR count). The number of anilines is 1. The molecule has 0 spiro atoms. The number of aliphatic hydroxyl groups is 1. The van der Waals surface area contributed by atoms with Gasteiger partial charge in [-0.15, -0.1) is 0 Å². The highest BCUT2D eigenvalue weighted by atomic mass is 19.3. The number of rotatable bonds is 7. The van der Waals surface area contributed by atoms with Crippen molar-refractivity contribution >= 4 is 11.7 Å². The molecule has 2 amide bonds. The van der Waals surface area contributed by atoms with Crippen LogP contribution in [-0.2, 0) is 0 Å². The fourth-order valence-electron chi connectivity index (χ4n) is 1.86. The number of hydrogen-bond donors (Lipinski definition) is 3. The van der Waals surface area contributed by atoms with Crippen molar-refractivity contribution in [3.63, 3.8) is 0 Å². The summed E-state index contributed by atoms with van der Waals surface area (Å²) in [6.45, 7) is 0.551. The Kier molecular flexibility index (Phi) is 6.87. The van der Waals surface area contributed by atoms with Gasteiger partial charge < -0.3 is 20.5 Å². The van der Waals surface area contributed by atoms with Crippen LogP contribution in [0.5, 0.6) is 5.75 Å². The molecule has 0 saturated carbocycles. The number of benzene rings is 1. The van der Waals surface area contributed by atoms with Crippen LogP contribution in [0.1, 0.15) is 25.3 Å². The standard InChI is InChI=1S/C14H20F2N2O3/c1-3-10(7-8-19)17-14(20)18-12-9(2)5-4-6-11(12)21-13(15)16/h4-6,10,13,19H,3,7-8H2,1-2H3,(H2,17,18,20)/t10-/m1/s1. The molecule has 5 nitrogen and oxygen atoms in total. The molecular formula is C14H20F2N2O3. The third-order valence-corrected chi connectivity index (χ3v) is 2.99. The lowest BCUT2D eigenvalue weighted by atomic mass is 10.1. The Bertz CT molecular complexity index is 470. The molecule has 0 saturated heterocycles. The summed E-state index contributed by atoms with van der Waals surface area (Å²) in [5.41, 5.74) is 0.813. The van der Waals surface area contributed by atoms with E-state index in [1.807, 2.05) is 6.92 Å². The second kappa shape index (κ2) is 8.41. The zero-order valence-electron chi connectivity index (χ0n) is 12.0. The van der Waals surface area contributed by atoms with Crippen molar-refractivity contribution in [2.45, 2.75) is 39.3 Å². The number of carbonyl (C=O) groups excluding carboxylic acids is 1. The Morgan fingerprint density at radius 3 is 2.71 bits per heavy atom. The molecular weight excluding hydrogens is 282 g/mol. The number of para-hydroxylation sites is 1. The SMILES string of the molecule is CC[C@H](CCO)NC(=O)Nc1c(C)cccc1OC(F)F. The molecule has 21 heavy (non-hydrogen) atoms. The number of halogens is 2. The molecule has 1 aromatic carbocycles. The van der Waals surface area contributed by atoms with Gasteiger partial charge in [0.2, 0.25) is 0 Å². The fourth-order valence-corrected chi connectivity index (χ4v) is 1.86. The van der Waals surface area contributed by atoms with Gasteiger partial charge >= 0.3 is 12.6 Å². The number of aryl methyl sites for hydroxylation is 1. The van der Waals surface area contributed by atoms with Crippen molar-refractivity contribution in [3.8, 4) is 5.75 Å². The molecule has 3 N–H and O–H groups in total. The zero-order chi connectivity index (χ0) is 15.8. The van der Waals surface area contributed by atoms with Gasteiger partial charge in [-0.1, -0.05) is 19.1 Å². The molecule has 0 unspecified atom stereocenters. The summed E-state index contributed by atoms with van der Waals surface area (Å²) < 4.78 is 29.1. The zero-order valence-corrected chi connectivity index (χ0v) is 12.0. The molecule has 1 atom stereocenters. The Balaban J connectivity index is 2.79. The van der Waals surface area contributed by atoms with Crippen molar-refractivity contribution < 1.29 is 23.4 Å². The van der Waals surface area contributed by atoms with E-state index >= 15 is 0 Å². The minimum absolute atomic E-state index is 0.0388. The minimum Gasteiger partial charge on any atom is -0.433 e. The van der Waals surface area contributed by atoms with Gasteiger partial charge in [-0.25, -0.2) is 4.79 Å². The monoisotopic (exact) mass is 302 g/mol. The van der Waals surface area contributed by atoms with Crippen LogP contribution in [-0.4, -0.2) is 30.4 Å². The Morgan fingerprint density at radius 2 is 2.14 bits per heavy atom. The molecule has 0 radical (unpaired) electrons. The van der Waals surface area contributed by atoms with E-state index in [1.54, 1.807) is 19.1 Å². The third kappa shape index (κ3) is 5.55. The average Bonchev–Trinajstić information content (AvgIpc) is 2.41. The van der Waals surface area contributed by atoms with Crippen LogP contribution in [0.4, 0.5) is 19.3 Å². The number of carbonyl (C=O) groups is 1. The highest BCUT2D eigenvalue weighted by Crippen LogP contribution is 2.29. The summed E-state index contributed by atoms with van der Waals surface area (Å²) in [4.78, 5) is 11.9. The van der Waals surface area contributed by atoms with Crippen LogP contribution in [0.3, 0.4) is 0 Å². The topological polar surface area (TPSA) is 70.6 Å². The number of alkyl halides is 2. The second-order valence-electron chi connectivity index (χ2n) is 4.54. The summed E-state index contributed by atoms with van der Waals surface area (Å²) in [6.07, 6.45) is 1.08. The highest BCUT2D eigenvalue weighted by molar-refractivity contribution is 5.92. The molecule has 0 heterocycles. The largest absolute Gasteiger partial charge is 0.433 e. The first-order chi connectivity index (χ1) is 9.97. The average molecular weight is 302 g/mol. The Labute approximate surface area is 122 Å². The predicted octanol–water partition coefficient (Wildman–Crippen LogP) is 2.88. The van der Waals surface area contributed by atoms with E-state index in [-0.39, 0.29) is 24.1 Å². The first-order valence-corrected chi connectivity index (χ1v) is 6.70. The molecule has 0 aliphatic carbocycles. The maximum atomic E-state index is 12.4. The number of aliphatic hydroxyl groups excluding tert-OH is 1. The first kappa shape index (κ1) is 17.2. The van der Waals surface area contributed by atoms with E-state index in [0.29, 0.717) is 18.4 Å². The van der Waals surface area contributed by atoms with Crippen molar-refractivity contribution in [2.75, 3.05) is 11.9 Å². The summed E-state index contributed by atoms with van der Waals surface area (Å²) in [5.74, 6) is -0.0876. The number of urea groups is 1. The Hall–Kier alpha value is -1.89.